The fourth-order valence-corrected chi connectivity index (χ4v) is 2.33. The number of aromatic nitrogens is 1. The lowest BCUT2D eigenvalue weighted by atomic mass is 10.3. The van der Waals surface area contributed by atoms with Gasteiger partial charge >= 0.3 is 5.97 Å². The summed E-state index contributed by atoms with van der Waals surface area (Å²) in [6, 6.07) is 0. The summed E-state index contributed by atoms with van der Waals surface area (Å²) in [5.74, 6) is -0.325. The minimum absolute atomic E-state index is 0.325. The van der Waals surface area contributed by atoms with E-state index in [-0.39, 0.29) is 5.97 Å². The maximum absolute atomic E-state index is 11.4. The zero-order valence-electron chi connectivity index (χ0n) is 11.1. The van der Waals surface area contributed by atoms with Gasteiger partial charge in [-0.3, -0.25) is 0 Å². The molecule has 0 amide bonds. The summed E-state index contributed by atoms with van der Waals surface area (Å²) in [5.41, 5.74) is 0.712. The molecule has 102 valence electrons. The highest BCUT2D eigenvalue weighted by Gasteiger charge is 2.15. The minimum atomic E-state index is -0.325. The largest absolute Gasteiger partial charge is 0.465 e. The van der Waals surface area contributed by atoms with E-state index in [1.165, 1.54) is 18.4 Å². The van der Waals surface area contributed by atoms with Crippen LogP contribution in [-0.4, -0.2) is 37.8 Å². The summed E-state index contributed by atoms with van der Waals surface area (Å²) in [6.07, 6.45) is 2.04. The SMILES string of the molecule is CCOCCCCNc1nc(C)c(C(=O)OC)s1. The van der Waals surface area contributed by atoms with Gasteiger partial charge in [-0.1, -0.05) is 11.3 Å². The summed E-state index contributed by atoms with van der Waals surface area (Å²) < 4.78 is 9.94. The molecule has 0 unspecified atom stereocenters. The van der Waals surface area contributed by atoms with Crippen LogP contribution in [0.25, 0.3) is 0 Å². The van der Waals surface area contributed by atoms with Crippen molar-refractivity contribution in [3.63, 3.8) is 0 Å². The van der Waals surface area contributed by atoms with Gasteiger partial charge in [0.15, 0.2) is 5.13 Å². The first-order valence-electron chi connectivity index (χ1n) is 6.06. The molecule has 1 aromatic heterocycles. The topological polar surface area (TPSA) is 60.5 Å². The monoisotopic (exact) mass is 272 g/mol. The average Bonchev–Trinajstić information content (AvgIpc) is 2.74. The Kier molecular flexibility index (Phi) is 6.67. The van der Waals surface area contributed by atoms with Crippen LogP contribution in [0, 0.1) is 6.92 Å². The van der Waals surface area contributed by atoms with Crippen molar-refractivity contribution in [2.75, 3.05) is 32.2 Å². The van der Waals surface area contributed by atoms with E-state index in [4.69, 9.17) is 4.74 Å². The van der Waals surface area contributed by atoms with Crippen LogP contribution in [-0.2, 0) is 9.47 Å². The van der Waals surface area contributed by atoms with Crippen LogP contribution >= 0.6 is 11.3 Å². The van der Waals surface area contributed by atoms with Crippen molar-refractivity contribution < 1.29 is 14.3 Å². The van der Waals surface area contributed by atoms with Crippen molar-refractivity contribution in [2.24, 2.45) is 0 Å². The van der Waals surface area contributed by atoms with Crippen molar-refractivity contribution in [3.8, 4) is 0 Å². The fourth-order valence-electron chi connectivity index (χ4n) is 1.42. The molecule has 0 atom stereocenters. The predicted molar refractivity (Wildman–Crippen MR) is 72.4 cm³/mol. The van der Waals surface area contributed by atoms with Gasteiger partial charge in [-0.15, -0.1) is 0 Å². The molecule has 6 heteroatoms. The smallest absolute Gasteiger partial charge is 0.350 e. The van der Waals surface area contributed by atoms with Gasteiger partial charge in [0.25, 0.3) is 0 Å². The number of thiazole rings is 1. The van der Waals surface area contributed by atoms with Gasteiger partial charge in [-0.2, -0.15) is 0 Å². The molecule has 0 fully saturated rings. The van der Waals surface area contributed by atoms with Gasteiger partial charge in [0.2, 0.25) is 0 Å². The first-order chi connectivity index (χ1) is 8.69. The van der Waals surface area contributed by atoms with E-state index in [2.05, 4.69) is 15.0 Å². The number of hydrogen-bond donors (Lipinski definition) is 1. The molecule has 1 heterocycles. The molecular weight excluding hydrogens is 252 g/mol. The lowest BCUT2D eigenvalue weighted by molar-refractivity contribution is 0.0605. The first kappa shape index (κ1) is 14.9. The van der Waals surface area contributed by atoms with Crippen molar-refractivity contribution in [1.82, 2.24) is 4.98 Å². The Labute approximate surface area is 112 Å². The zero-order valence-corrected chi connectivity index (χ0v) is 11.9. The van der Waals surface area contributed by atoms with E-state index in [0.717, 1.165) is 37.7 Å². The third-order valence-electron chi connectivity index (χ3n) is 2.36. The third kappa shape index (κ3) is 4.62. The lowest BCUT2D eigenvalue weighted by Crippen LogP contribution is -2.03. The highest BCUT2D eigenvalue weighted by molar-refractivity contribution is 7.17. The Balaban J connectivity index is 2.33. The van der Waals surface area contributed by atoms with E-state index in [1.54, 1.807) is 0 Å². The molecular formula is C12H20N2O3S. The molecule has 18 heavy (non-hydrogen) atoms. The molecule has 0 aliphatic carbocycles. The number of carbonyl (C=O) groups excluding carboxylic acids is 1. The molecule has 5 nitrogen and oxygen atoms in total. The Morgan fingerprint density at radius 3 is 2.89 bits per heavy atom. The van der Waals surface area contributed by atoms with Gasteiger partial charge in [0.05, 0.1) is 12.8 Å². The predicted octanol–water partition coefficient (Wildman–Crippen LogP) is 2.47. The number of ether oxygens (including phenoxy) is 2. The standard InChI is InChI=1S/C12H20N2O3S/c1-4-17-8-6-5-7-13-12-14-9(2)10(18-12)11(15)16-3/h4-8H2,1-3H3,(H,13,14). The van der Waals surface area contributed by atoms with Crippen LogP contribution in [0.5, 0.6) is 0 Å². The molecule has 0 aliphatic rings. The quantitative estimate of drug-likeness (QED) is 0.582. The number of rotatable bonds is 8. The van der Waals surface area contributed by atoms with Gasteiger partial charge < -0.3 is 14.8 Å². The van der Waals surface area contributed by atoms with E-state index in [1.807, 2.05) is 13.8 Å². The Morgan fingerprint density at radius 1 is 1.44 bits per heavy atom. The number of esters is 1. The number of methoxy groups -OCH3 is 1. The van der Waals surface area contributed by atoms with Gasteiger partial charge in [0, 0.05) is 19.8 Å². The lowest BCUT2D eigenvalue weighted by Gasteiger charge is -2.02. The number of hydrogen-bond acceptors (Lipinski definition) is 6. The van der Waals surface area contributed by atoms with Crippen molar-refractivity contribution in [3.05, 3.63) is 10.6 Å². The molecule has 0 saturated carbocycles. The van der Waals surface area contributed by atoms with Crippen molar-refractivity contribution in [2.45, 2.75) is 26.7 Å². The Hall–Kier alpha value is -1.14. The second-order valence-electron chi connectivity index (χ2n) is 3.76. The molecule has 0 saturated heterocycles. The molecule has 0 radical (unpaired) electrons. The molecule has 0 aliphatic heterocycles. The fraction of sp³-hybridized carbons (Fsp3) is 0.667. The van der Waals surface area contributed by atoms with Crippen LogP contribution in [0.1, 0.15) is 35.1 Å². The molecule has 1 aromatic rings. The van der Waals surface area contributed by atoms with Gasteiger partial charge in [-0.05, 0) is 26.7 Å². The van der Waals surface area contributed by atoms with Crippen LogP contribution in [0.2, 0.25) is 0 Å². The van der Waals surface area contributed by atoms with E-state index >= 15 is 0 Å². The van der Waals surface area contributed by atoms with Crippen molar-refractivity contribution >= 4 is 22.4 Å². The Bertz CT molecular complexity index is 379. The Morgan fingerprint density at radius 2 is 2.22 bits per heavy atom. The number of nitrogens with zero attached hydrogens (tertiary/aromatic N) is 1. The summed E-state index contributed by atoms with van der Waals surface area (Å²) in [6.45, 7) is 6.19. The van der Waals surface area contributed by atoms with Crippen LogP contribution in [0.3, 0.4) is 0 Å². The number of anilines is 1. The van der Waals surface area contributed by atoms with E-state index in [0.29, 0.717) is 10.6 Å². The minimum Gasteiger partial charge on any atom is -0.465 e. The second-order valence-corrected chi connectivity index (χ2v) is 4.76. The summed E-state index contributed by atoms with van der Waals surface area (Å²) in [5, 5.41) is 3.97. The second kappa shape index (κ2) is 8.05. The molecule has 0 spiro atoms. The van der Waals surface area contributed by atoms with Gasteiger partial charge in [-0.25, -0.2) is 9.78 Å². The number of aryl methyl sites for hydroxylation is 1. The molecule has 1 rings (SSSR count). The maximum atomic E-state index is 11.4. The molecule has 0 bridgehead atoms. The number of carbonyl (C=O) groups is 1. The zero-order chi connectivity index (χ0) is 13.4. The maximum Gasteiger partial charge on any atom is 0.350 e. The summed E-state index contributed by atoms with van der Waals surface area (Å²) >= 11 is 1.33. The van der Waals surface area contributed by atoms with E-state index in [9.17, 15) is 4.79 Å². The third-order valence-corrected chi connectivity index (χ3v) is 3.46. The first-order valence-corrected chi connectivity index (χ1v) is 6.88. The van der Waals surface area contributed by atoms with Crippen molar-refractivity contribution in [1.29, 1.82) is 0 Å². The molecule has 1 N–H and O–H groups in total. The van der Waals surface area contributed by atoms with E-state index < -0.39 is 0 Å². The number of nitrogens with one attached hydrogen (secondary N) is 1. The average molecular weight is 272 g/mol. The van der Waals surface area contributed by atoms with Crippen LogP contribution < -0.4 is 5.32 Å². The normalized spacial score (nSPS) is 10.4. The summed E-state index contributed by atoms with van der Waals surface area (Å²) in [7, 11) is 1.38. The van der Waals surface area contributed by atoms with Gasteiger partial charge in [0.1, 0.15) is 4.88 Å². The highest BCUT2D eigenvalue weighted by Crippen LogP contribution is 2.23. The highest BCUT2D eigenvalue weighted by atomic mass is 32.1. The van der Waals surface area contributed by atoms with Crippen LogP contribution in [0.4, 0.5) is 5.13 Å². The number of unbranched alkanes of at least 4 members (excludes halogenated alkanes) is 1. The van der Waals surface area contributed by atoms with Crippen LogP contribution in [0.15, 0.2) is 0 Å². The molecule has 0 aromatic carbocycles. The summed E-state index contributed by atoms with van der Waals surface area (Å²) in [4.78, 5) is 16.3.